The van der Waals surface area contributed by atoms with Crippen LogP contribution in [-0.2, 0) is 23.8 Å². The third kappa shape index (κ3) is 7.71. The monoisotopic (exact) mass is 504 g/mol. The van der Waals surface area contributed by atoms with E-state index in [1.165, 1.54) is 18.5 Å². The van der Waals surface area contributed by atoms with Crippen LogP contribution in [0.25, 0.3) is 11.4 Å². The van der Waals surface area contributed by atoms with E-state index >= 15 is 0 Å². The molecule has 0 aliphatic rings. The van der Waals surface area contributed by atoms with Crippen LogP contribution in [0.1, 0.15) is 43.4 Å². The number of aliphatic carboxylic acids is 1. The zero-order chi connectivity index (χ0) is 25.4. The van der Waals surface area contributed by atoms with Gasteiger partial charge in [-0.15, -0.1) is 11.8 Å². The van der Waals surface area contributed by atoms with Crippen LogP contribution in [0, 0.1) is 0 Å². The molecule has 9 heteroatoms. The van der Waals surface area contributed by atoms with E-state index in [4.69, 9.17) is 9.84 Å². The van der Waals surface area contributed by atoms with Crippen molar-refractivity contribution in [2.24, 2.45) is 0 Å². The van der Waals surface area contributed by atoms with Gasteiger partial charge in [-0.1, -0.05) is 13.0 Å². The number of halogens is 3. The molecule has 0 fully saturated rings. The average Bonchev–Trinajstić information content (AvgIpc) is 2.83. The van der Waals surface area contributed by atoms with Crippen LogP contribution in [-0.4, -0.2) is 32.9 Å². The Kier molecular flexibility index (Phi) is 9.14. The van der Waals surface area contributed by atoms with Crippen molar-refractivity contribution < 1.29 is 27.8 Å². The van der Waals surface area contributed by atoms with Gasteiger partial charge in [0, 0.05) is 29.5 Å². The molecule has 0 radical (unpaired) electrons. The van der Waals surface area contributed by atoms with Gasteiger partial charge < -0.3 is 9.84 Å². The summed E-state index contributed by atoms with van der Waals surface area (Å²) in [5.74, 6) is 0.411. The Hall–Kier alpha value is -3.07. The van der Waals surface area contributed by atoms with E-state index in [0.717, 1.165) is 40.3 Å². The lowest BCUT2D eigenvalue weighted by Gasteiger charge is -2.18. The maximum atomic E-state index is 13.3. The van der Waals surface area contributed by atoms with Gasteiger partial charge in [0.15, 0.2) is 5.82 Å². The highest BCUT2D eigenvalue weighted by Crippen LogP contribution is 2.36. The van der Waals surface area contributed by atoms with Crippen LogP contribution in [0.3, 0.4) is 0 Å². The third-order valence-corrected chi connectivity index (χ3v) is 6.43. The topological polar surface area (TPSA) is 72.3 Å². The van der Waals surface area contributed by atoms with Crippen LogP contribution in [0.15, 0.2) is 59.8 Å². The van der Waals surface area contributed by atoms with Gasteiger partial charge in [-0.05, 0) is 73.7 Å². The highest BCUT2D eigenvalue weighted by molar-refractivity contribution is 7.99. The number of rotatable bonds is 11. The quantitative estimate of drug-likeness (QED) is 0.293. The number of aryl methyl sites for hydroxylation is 2. The van der Waals surface area contributed by atoms with Gasteiger partial charge in [-0.3, -0.25) is 4.79 Å². The average molecular weight is 505 g/mol. The molecular weight excluding hydrogens is 477 g/mol. The summed E-state index contributed by atoms with van der Waals surface area (Å²) in [4.78, 5) is 20.1. The zero-order valence-electron chi connectivity index (χ0n) is 19.5. The number of hydrogen-bond acceptors (Lipinski definition) is 5. The van der Waals surface area contributed by atoms with E-state index in [1.54, 1.807) is 17.8 Å². The van der Waals surface area contributed by atoms with E-state index in [-0.39, 0.29) is 23.9 Å². The van der Waals surface area contributed by atoms with Crippen molar-refractivity contribution in [3.63, 3.8) is 0 Å². The number of benzene rings is 2. The minimum Gasteiger partial charge on any atom is -0.490 e. The van der Waals surface area contributed by atoms with Gasteiger partial charge in [0.1, 0.15) is 5.75 Å². The molecule has 0 aliphatic carbocycles. The van der Waals surface area contributed by atoms with Crippen LogP contribution in [0.5, 0.6) is 5.75 Å². The molecule has 3 aromatic rings. The summed E-state index contributed by atoms with van der Waals surface area (Å²) in [6, 6.07) is 11.0. The van der Waals surface area contributed by atoms with Gasteiger partial charge in [0.05, 0.1) is 17.2 Å². The van der Waals surface area contributed by atoms with Crippen molar-refractivity contribution in [2.45, 2.75) is 56.7 Å². The number of carboxylic acids is 1. The predicted octanol–water partition coefficient (Wildman–Crippen LogP) is 6.69. The van der Waals surface area contributed by atoms with Crippen molar-refractivity contribution in [2.75, 3.05) is 5.75 Å². The van der Waals surface area contributed by atoms with Crippen LogP contribution in [0.2, 0.25) is 0 Å². The molecule has 35 heavy (non-hydrogen) atoms. The second-order valence-electron chi connectivity index (χ2n) is 8.02. The summed E-state index contributed by atoms with van der Waals surface area (Å²) < 4.78 is 45.8. The van der Waals surface area contributed by atoms with E-state index in [2.05, 4.69) is 16.0 Å². The Balaban J connectivity index is 1.65. The van der Waals surface area contributed by atoms with Crippen LogP contribution < -0.4 is 4.74 Å². The van der Waals surface area contributed by atoms with Gasteiger partial charge in [0.25, 0.3) is 0 Å². The number of carbonyl (C=O) groups is 1. The second kappa shape index (κ2) is 12.1. The largest absolute Gasteiger partial charge is 0.490 e. The van der Waals surface area contributed by atoms with Gasteiger partial charge in [-0.2, -0.15) is 13.2 Å². The molecule has 0 aliphatic heterocycles. The van der Waals surface area contributed by atoms with Crippen molar-refractivity contribution in [1.29, 1.82) is 0 Å². The SMILES string of the molecule is CCc1cc(SCC[C@H](C)Oc2ccc(C(F)(F)F)cc2-c2ncccn2)ccc1CCC(=O)O. The maximum absolute atomic E-state index is 13.3. The molecule has 2 aromatic carbocycles. The molecule has 0 spiro atoms. The fourth-order valence-corrected chi connectivity index (χ4v) is 4.62. The maximum Gasteiger partial charge on any atom is 0.416 e. The predicted molar refractivity (Wildman–Crippen MR) is 130 cm³/mol. The van der Waals surface area contributed by atoms with Crippen LogP contribution in [0.4, 0.5) is 13.2 Å². The van der Waals surface area contributed by atoms with Crippen molar-refractivity contribution in [1.82, 2.24) is 9.97 Å². The Labute approximate surface area is 206 Å². The normalized spacial score (nSPS) is 12.4. The Morgan fingerprint density at radius 3 is 2.51 bits per heavy atom. The van der Waals surface area contributed by atoms with E-state index in [9.17, 15) is 18.0 Å². The van der Waals surface area contributed by atoms with E-state index < -0.39 is 17.7 Å². The lowest BCUT2D eigenvalue weighted by molar-refractivity contribution is -0.138. The molecular formula is C26H27F3N2O3S. The molecule has 1 aromatic heterocycles. The molecule has 0 saturated carbocycles. The number of alkyl halides is 3. The van der Waals surface area contributed by atoms with Crippen molar-refractivity contribution >= 4 is 17.7 Å². The Morgan fingerprint density at radius 2 is 1.86 bits per heavy atom. The fraction of sp³-hybridized carbons (Fsp3) is 0.346. The van der Waals surface area contributed by atoms with Gasteiger partial charge in [0.2, 0.25) is 0 Å². The molecule has 1 atom stereocenters. The van der Waals surface area contributed by atoms with Crippen molar-refractivity contribution in [3.8, 4) is 17.1 Å². The summed E-state index contributed by atoms with van der Waals surface area (Å²) in [6.07, 6.45) is 0.327. The first kappa shape index (κ1) is 26.5. The van der Waals surface area contributed by atoms with Crippen molar-refractivity contribution in [3.05, 3.63) is 71.5 Å². The second-order valence-corrected chi connectivity index (χ2v) is 9.19. The number of thioether (sulfide) groups is 1. The highest BCUT2D eigenvalue weighted by atomic mass is 32.2. The number of aromatic nitrogens is 2. The standard InChI is InChI=1S/C26H27F3N2O3S/c1-3-18-15-21(8-5-19(18)6-10-24(32)33)35-14-11-17(2)34-23-9-7-20(26(27,28)29)16-22(23)25-30-12-4-13-31-25/h4-5,7-9,12-13,15-17H,3,6,10-11,14H2,1-2H3,(H,32,33)/t17-/m0/s1. The summed E-state index contributed by atoms with van der Waals surface area (Å²) in [5, 5.41) is 8.92. The summed E-state index contributed by atoms with van der Waals surface area (Å²) in [7, 11) is 0. The number of hydrogen-bond donors (Lipinski definition) is 1. The lowest BCUT2D eigenvalue weighted by Crippen LogP contribution is -2.14. The van der Waals surface area contributed by atoms with E-state index in [0.29, 0.717) is 18.6 Å². The summed E-state index contributed by atoms with van der Waals surface area (Å²) in [5.41, 5.74) is 1.60. The zero-order valence-corrected chi connectivity index (χ0v) is 20.3. The highest BCUT2D eigenvalue weighted by Gasteiger charge is 2.31. The molecule has 3 rings (SSSR count). The smallest absolute Gasteiger partial charge is 0.416 e. The van der Waals surface area contributed by atoms with E-state index in [1.807, 2.05) is 26.0 Å². The minimum atomic E-state index is -4.48. The molecule has 5 nitrogen and oxygen atoms in total. The van der Waals surface area contributed by atoms with Crippen LogP contribution >= 0.6 is 11.8 Å². The molecule has 0 saturated heterocycles. The first-order valence-electron chi connectivity index (χ1n) is 11.3. The molecule has 1 N–H and O–H groups in total. The fourth-order valence-electron chi connectivity index (χ4n) is 3.55. The van der Waals surface area contributed by atoms with Gasteiger partial charge >= 0.3 is 12.1 Å². The summed E-state index contributed by atoms with van der Waals surface area (Å²) in [6.45, 7) is 3.92. The van der Waals surface area contributed by atoms with Gasteiger partial charge in [-0.25, -0.2) is 9.97 Å². The minimum absolute atomic E-state index is 0.105. The number of carboxylic acid groups (broad SMARTS) is 1. The Morgan fingerprint density at radius 1 is 1.11 bits per heavy atom. The number of nitrogens with zero attached hydrogens (tertiary/aromatic N) is 2. The lowest BCUT2D eigenvalue weighted by atomic mass is 10.0. The Bertz CT molecular complexity index is 1140. The first-order chi connectivity index (χ1) is 16.7. The summed E-state index contributed by atoms with van der Waals surface area (Å²) >= 11 is 1.66. The number of ether oxygens (including phenoxy) is 1. The first-order valence-corrected chi connectivity index (χ1v) is 12.3. The third-order valence-electron chi connectivity index (χ3n) is 5.40. The molecule has 186 valence electrons. The molecule has 0 amide bonds. The molecule has 0 bridgehead atoms. The molecule has 0 unspecified atom stereocenters. The molecule has 1 heterocycles.